The summed E-state index contributed by atoms with van der Waals surface area (Å²) in [6.45, 7) is 8.89. The summed E-state index contributed by atoms with van der Waals surface area (Å²) in [5.74, 6) is 0.879. The van der Waals surface area contributed by atoms with E-state index >= 15 is 0 Å². The van der Waals surface area contributed by atoms with Crippen molar-refractivity contribution in [2.45, 2.75) is 26.7 Å². The van der Waals surface area contributed by atoms with Gasteiger partial charge in [-0.25, -0.2) is 4.98 Å². The molecule has 0 radical (unpaired) electrons. The van der Waals surface area contributed by atoms with Gasteiger partial charge in [-0.2, -0.15) is 0 Å². The zero-order chi connectivity index (χ0) is 13.5. The monoisotopic (exact) mass is 260 g/mol. The summed E-state index contributed by atoms with van der Waals surface area (Å²) >= 11 is 0. The Bertz CT molecular complexity index is 455. The van der Waals surface area contributed by atoms with Gasteiger partial charge in [0.1, 0.15) is 0 Å². The minimum Gasteiger partial charge on any atom is -0.356 e. The molecule has 0 fully saturated rings. The van der Waals surface area contributed by atoms with E-state index in [1.807, 2.05) is 24.3 Å². The van der Waals surface area contributed by atoms with Gasteiger partial charge in [0.2, 0.25) is 5.95 Å². The number of aromatic amines is 1. The molecule has 2 aromatic rings. The molecular formula is C15H24N4. The van der Waals surface area contributed by atoms with Crippen LogP contribution in [0.5, 0.6) is 0 Å². The second kappa shape index (κ2) is 7.14. The van der Waals surface area contributed by atoms with Crippen LogP contribution in [0.4, 0.5) is 5.95 Å². The predicted molar refractivity (Wildman–Crippen MR) is 81.6 cm³/mol. The zero-order valence-electron chi connectivity index (χ0n) is 11.9. The van der Waals surface area contributed by atoms with Gasteiger partial charge in [0.25, 0.3) is 0 Å². The average Bonchev–Trinajstić information content (AvgIpc) is 2.85. The first-order valence-corrected chi connectivity index (χ1v) is 7.24. The fourth-order valence-electron chi connectivity index (χ4n) is 2.24. The van der Waals surface area contributed by atoms with Crippen LogP contribution in [0, 0.1) is 0 Å². The van der Waals surface area contributed by atoms with Crippen LogP contribution >= 0.6 is 0 Å². The Hall–Kier alpha value is -1.55. The summed E-state index contributed by atoms with van der Waals surface area (Å²) in [4.78, 5) is 10.2. The first-order chi connectivity index (χ1) is 9.33. The quantitative estimate of drug-likeness (QED) is 0.717. The molecule has 19 heavy (non-hydrogen) atoms. The van der Waals surface area contributed by atoms with Crippen LogP contribution < -0.4 is 5.32 Å². The lowest BCUT2D eigenvalue weighted by molar-refractivity contribution is 0.298. The summed E-state index contributed by atoms with van der Waals surface area (Å²) in [5.41, 5.74) is 2.11. The largest absolute Gasteiger partial charge is 0.356 e. The lowest BCUT2D eigenvalue weighted by Gasteiger charge is -2.17. The highest BCUT2D eigenvalue weighted by Gasteiger charge is 2.01. The van der Waals surface area contributed by atoms with Crippen molar-refractivity contribution in [3.63, 3.8) is 0 Å². The molecule has 1 aromatic heterocycles. The van der Waals surface area contributed by atoms with Gasteiger partial charge in [-0.05, 0) is 44.6 Å². The molecule has 0 saturated heterocycles. The van der Waals surface area contributed by atoms with Crippen molar-refractivity contribution in [1.82, 2.24) is 14.9 Å². The van der Waals surface area contributed by atoms with Crippen molar-refractivity contribution in [3.8, 4) is 0 Å². The Morgan fingerprint density at radius 2 is 1.95 bits per heavy atom. The number of aromatic nitrogens is 2. The highest BCUT2D eigenvalue weighted by molar-refractivity contribution is 5.77. The first-order valence-electron chi connectivity index (χ1n) is 7.24. The minimum atomic E-state index is 0.879. The van der Waals surface area contributed by atoms with Crippen molar-refractivity contribution < 1.29 is 0 Å². The number of hydrogen-bond donors (Lipinski definition) is 2. The molecule has 0 spiro atoms. The van der Waals surface area contributed by atoms with E-state index in [0.717, 1.165) is 36.6 Å². The van der Waals surface area contributed by atoms with Crippen LogP contribution in [0.25, 0.3) is 11.0 Å². The lowest BCUT2D eigenvalue weighted by atomic mass is 10.3. The number of nitrogens with one attached hydrogen (secondary N) is 2. The van der Waals surface area contributed by atoms with Crippen LogP contribution in [0.2, 0.25) is 0 Å². The van der Waals surface area contributed by atoms with Crippen LogP contribution in [0.15, 0.2) is 24.3 Å². The molecule has 4 nitrogen and oxygen atoms in total. The van der Waals surface area contributed by atoms with Gasteiger partial charge >= 0.3 is 0 Å². The molecule has 2 N–H and O–H groups in total. The molecule has 0 unspecified atom stereocenters. The topological polar surface area (TPSA) is 44.0 Å². The van der Waals surface area contributed by atoms with Gasteiger partial charge in [-0.15, -0.1) is 0 Å². The summed E-state index contributed by atoms with van der Waals surface area (Å²) < 4.78 is 0. The first kappa shape index (κ1) is 13.9. The molecule has 0 aliphatic carbocycles. The van der Waals surface area contributed by atoms with E-state index in [4.69, 9.17) is 0 Å². The number of benzene rings is 1. The number of unbranched alkanes of at least 4 members (excludes halogenated alkanes) is 1. The summed E-state index contributed by atoms with van der Waals surface area (Å²) in [7, 11) is 0. The van der Waals surface area contributed by atoms with Gasteiger partial charge < -0.3 is 15.2 Å². The Morgan fingerprint density at radius 3 is 2.68 bits per heavy atom. The molecule has 0 aliphatic heterocycles. The van der Waals surface area contributed by atoms with Crippen LogP contribution in [0.3, 0.4) is 0 Å². The highest BCUT2D eigenvalue weighted by Crippen LogP contribution is 2.13. The fraction of sp³-hybridized carbons (Fsp3) is 0.533. The summed E-state index contributed by atoms with van der Waals surface area (Å²) in [6, 6.07) is 8.11. The number of fused-ring (bicyclic) bond motifs is 1. The zero-order valence-corrected chi connectivity index (χ0v) is 11.9. The van der Waals surface area contributed by atoms with Gasteiger partial charge in [0.15, 0.2) is 0 Å². The van der Waals surface area contributed by atoms with Crippen LogP contribution in [-0.2, 0) is 0 Å². The molecule has 0 atom stereocenters. The van der Waals surface area contributed by atoms with Crippen molar-refractivity contribution in [2.24, 2.45) is 0 Å². The molecule has 0 aliphatic rings. The Balaban J connectivity index is 1.71. The maximum atomic E-state index is 4.50. The number of nitrogens with zero attached hydrogens (tertiary/aromatic N) is 2. The molecular weight excluding hydrogens is 236 g/mol. The smallest absolute Gasteiger partial charge is 0.201 e. The average molecular weight is 260 g/mol. The van der Waals surface area contributed by atoms with Crippen LogP contribution in [-0.4, -0.2) is 41.0 Å². The lowest BCUT2D eigenvalue weighted by Crippen LogP contribution is -2.24. The fourth-order valence-corrected chi connectivity index (χ4v) is 2.24. The molecule has 104 valence electrons. The second-order valence-corrected chi connectivity index (χ2v) is 4.76. The predicted octanol–water partition coefficient (Wildman–Crippen LogP) is 3.10. The third kappa shape index (κ3) is 3.96. The van der Waals surface area contributed by atoms with Crippen molar-refractivity contribution >= 4 is 17.0 Å². The van der Waals surface area contributed by atoms with Crippen molar-refractivity contribution in [2.75, 3.05) is 31.5 Å². The van der Waals surface area contributed by atoms with Crippen molar-refractivity contribution in [3.05, 3.63) is 24.3 Å². The van der Waals surface area contributed by atoms with E-state index < -0.39 is 0 Å². The van der Waals surface area contributed by atoms with E-state index in [9.17, 15) is 0 Å². The van der Waals surface area contributed by atoms with E-state index in [-0.39, 0.29) is 0 Å². The van der Waals surface area contributed by atoms with E-state index in [0.29, 0.717) is 0 Å². The summed E-state index contributed by atoms with van der Waals surface area (Å²) in [5, 5.41) is 3.36. The molecule has 0 amide bonds. The SMILES string of the molecule is CCN(CC)CCCCNc1nc2ccccc2[nH]1. The molecule has 1 heterocycles. The normalized spacial score (nSPS) is 11.3. The number of H-pyrrole nitrogens is 1. The number of hydrogen-bond acceptors (Lipinski definition) is 3. The molecule has 4 heteroatoms. The van der Waals surface area contributed by atoms with E-state index in [2.05, 4.69) is 34.0 Å². The number of imidazole rings is 1. The maximum Gasteiger partial charge on any atom is 0.201 e. The van der Waals surface area contributed by atoms with Crippen molar-refractivity contribution in [1.29, 1.82) is 0 Å². The second-order valence-electron chi connectivity index (χ2n) is 4.76. The number of para-hydroxylation sites is 2. The van der Waals surface area contributed by atoms with Gasteiger partial charge in [-0.3, -0.25) is 0 Å². The Morgan fingerprint density at radius 1 is 1.16 bits per heavy atom. The van der Waals surface area contributed by atoms with Gasteiger partial charge in [0.05, 0.1) is 11.0 Å². The third-order valence-electron chi connectivity index (χ3n) is 3.48. The highest BCUT2D eigenvalue weighted by atomic mass is 15.1. The van der Waals surface area contributed by atoms with E-state index in [1.165, 1.54) is 19.4 Å². The molecule has 0 saturated carbocycles. The standard InChI is InChI=1S/C15H24N4/c1-3-19(4-2)12-8-7-11-16-15-17-13-9-5-6-10-14(13)18-15/h5-6,9-10H,3-4,7-8,11-12H2,1-2H3,(H2,16,17,18). The Labute approximate surface area is 115 Å². The van der Waals surface area contributed by atoms with Gasteiger partial charge in [-0.1, -0.05) is 26.0 Å². The minimum absolute atomic E-state index is 0.879. The van der Waals surface area contributed by atoms with Gasteiger partial charge in [0, 0.05) is 6.54 Å². The van der Waals surface area contributed by atoms with Crippen LogP contribution in [0.1, 0.15) is 26.7 Å². The number of anilines is 1. The number of rotatable bonds is 8. The summed E-state index contributed by atoms with van der Waals surface area (Å²) in [6.07, 6.45) is 2.41. The molecule has 0 bridgehead atoms. The van der Waals surface area contributed by atoms with E-state index in [1.54, 1.807) is 0 Å². The molecule has 2 rings (SSSR count). The third-order valence-corrected chi connectivity index (χ3v) is 3.48. The Kier molecular flexibility index (Phi) is 5.21. The molecule has 1 aromatic carbocycles. The maximum absolute atomic E-state index is 4.50.